The molecule has 2 amide bonds. The van der Waals surface area contributed by atoms with Crippen LogP contribution >= 0.6 is 0 Å². The van der Waals surface area contributed by atoms with Crippen molar-refractivity contribution in [1.82, 2.24) is 20.8 Å². The molecule has 0 aromatic carbocycles. The van der Waals surface area contributed by atoms with Gasteiger partial charge in [0.05, 0.1) is 0 Å². The van der Waals surface area contributed by atoms with Gasteiger partial charge in [0.1, 0.15) is 5.54 Å². The monoisotopic (exact) mass is 284 g/mol. The SMILES string of the molecule is CCC(CC)(NC(=O)NCCc1noc(C)n1)C(=O)O. The van der Waals surface area contributed by atoms with Crippen molar-refractivity contribution in [3.05, 3.63) is 11.7 Å². The van der Waals surface area contributed by atoms with Crippen molar-refractivity contribution in [1.29, 1.82) is 0 Å². The fraction of sp³-hybridized carbons (Fsp3) is 0.667. The molecule has 0 aliphatic heterocycles. The standard InChI is InChI=1S/C12H20N4O4/c1-4-12(5-2,10(17)18)15-11(19)13-7-6-9-14-8(3)20-16-9/h4-7H2,1-3H3,(H,17,18)(H2,13,15,19). The smallest absolute Gasteiger partial charge is 0.329 e. The van der Waals surface area contributed by atoms with E-state index in [1.165, 1.54) is 0 Å². The topological polar surface area (TPSA) is 117 Å². The zero-order chi connectivity index (χ0) is 15.2. The van der Waals surface area contributed by atoms with Crippen molar-refractivity contribution in [2.45, 2.75) is 45.6 Å². The third-order valence-corrected chi connectivity index (χ3v) is 3.17. The predicted molar refractivity (Wildman–Crippen MR) is 70.2 cm³/mol. The first-order valence-corrected chi connectivity index (χ1v) is 6.52. The van der Waals surface area contributed by atoms with Crippen LogP contribution in [0, 0.1) is 6.92 Å². The number of aliphatic carboxylic acids is 1. The lowest BCUT2D eigenvalue weighted by Gasteiger charge is -2.27. The Morgan fingerprint density at radius 1 is 1.35 bits per heavy atom. The van der Waals surface area contributed by atoms with Crippen LogP contribution in [0.5, 0.6) is 0 Å². The van der Waals surface area contributed by atoms with Crippen molar-refractivity contribution >= 4 is 12.0 Å². The minimum Gasteiger partial charge on any atom is -0.480 e. The second-order valence-electron chi connectivity index (χ2n) is 4.45. The highest BCUT2D eigenvalue weighted by molar-refractivity contribution is 5.86. The number of carbonyl (C=O) groups excluding carboxylic acids is 1. The summed E-state index contributed by atoms with van der Waals surface area (Å²) in [5, 5.41) is 18.0. The van der Waals surface area contributed by atoms with Crippen LogP contribution in [0.25, 0.3) is 0 Å². The van der Waals surface area contributed by atoms with Gasteiger partial charge in [-0.25, -0.2) is 9.59 Å². The van der Waals surface area contributed by atoms with E-state index in [0.717, 1.165) is 0 Å². The first-order chi connectivity index (χ1) is 9.43. The van der Waals surface area contributed by atoms with Gasteiger partial charge in [0.25, 0.3) is 0 Å². The van der Waals surface area contributed by atoms with Gasteiger partial charge in [0, 0.05) is 19.9 Å². The molecule has 1 rings (SSSR count). The summed E-state index contributed by atoms with van der Waals surface area (Å²) in [4.78, 5) is 27.0. The van der Waals surface area contributed by atoms with E-state index in [1.807, 2.05) is 0 Å². The highest BCUT2D eigenvalue weighted by Crippen LogP contribution is 2.15. The number of hydrogen-bond donors (Lipinski definition) is 3. The van der Waals surface area contributed by atoms with Gasteiger partial charge in [-0.2, -0.15) is 4.98 Å². The lowest BCUT2D eigenvalue weighted by Crippen LogP contribution is -2.56. The molecule has 20 heavy (non-hydrogen) atoms. The van der Waals surface area contributed by atoms with Crippen molar-refractivity contribution in [2.75, 3.05) is 6.54 Å². The quantitative estimate of drug-likeness (QED) is 0.683. The van der Waals surface area contributed by atoms with Crippen molar-refractivity contribution in [3.63, 3.8) is 0 Å². The van der Waals surface area contributed by atoms with Crippen LogP contribution in [-0.4, -0.2) is 39.3 Å². The molecule has 0 unspecified atom stereocenters. The van der Waals surface area contributed by atoms with E-state index in [-0.39, 0.29) is 0 Å². The van der Waals surface area contributed by atoms with Gasteiger partial charge in [-0.3, -0.25) is 0 Å². The number of hydrogen-bond acceptors (Lipinski definition) is 5. The molecular formula is C12H20N4O4. The normalized spacial score (nSPS) is 11.2. The molecule has 112 valence electrons. The van der Waals surface area contributed by atoms with Crippen molar-refractivity contribution in [3.8, 4) is 0 Å². The Kier molecular flexibility index (Phi) is 5.48. The first-order valence-electron chi connectivity index (χ1n) is 6.52. The van der Waals surface area contributed by atoms with E-state index in [4.69, 9.17) is 4.52 Å². The van der Waals surface area contributed by atoms with Gasteiger partial charge in [0.15, 0.2) is 5.82 Å². The summed E-state index contributed by atoms with van der Waals surface area (Å²) in [6.07, 6.45) is 1.05. The maximum absolute atomic E-state index is 11.7. The maximum Gasteiger partial charge on any atom is 0.329 e. The number of aryl methyl sites for hydroxylation is 1. The number of nitrogens with zero attached hydrogens (tertiary/aromatic N) is 2. The summed E-state index contributed by atoms with van der Waals surface area (Å²) in [6, 6.07) is -0.517. The van der Waals surface area contributed by atoms with E-state index < -0.39 is 17.5 Å². The Morgan fingerprint density at radius 2 is 2.00 bits per heavy atom. The van der Waals surface area contributed by atoms with Gasteiger partial charge < -0.3 is 20.3 Å². The largest absolute Gasteiger partial charge is 0.480 e. The Balaban J connectivity index is 2.44. The molecule has 0 atom stereocenters. The number of amides is 2. The molecule has 0 bridgehead atoms. The molecule has 0 fully saturated rings. The molecule has 0 saturated carbocycles. The van der Waals surface area contributed by atoms with Crippen LogP contribution in [0.15, 0.2) is 4.52 Å². The third-order valence-electron chi connectivity index (χ3n) is 3.17. The summed E-state index contributed by atoms with van der Waals surface area (Å²) in [5.74, 6) is -0.0731. The molecule has 1 heterocycles. The van der Waals surface area contributed by atoms with Crippen LogP contribution in [-0.2, 0) is 11.2 Å². The molecule has 1 aromatic rings. The minimum atomic E-state index is -1.23. The molecule has 0 spiro atoms. The Morgan fingerprint density at radius 3 is 2.45 bits per heavy atom. The summed E-state index contributed by atoms with van der Waals surface area (Å²) < 4.78 is 4.80. The average Bonchev–Trinajstić information content (AvgIpc) is 2.81. The van der Waals surface area contributed by atoms with Crippen LogP contribution in [0.2, 0.25) is 0 Å². The fourth-order valence-electron chi connectivity index (χ4n) is 1.77. The zero-order valence-electron chi connectivity index (χ0n) is 11.9. The number of aromatic nitrogens is 2. The summed E-state index contributed by atoms with van der Waals surface area (Å²) in [7, 11) is 0. The van der Waals surface area contributed by atoms with E-state index in [1.54, 1.807) is 20.8 Å². The van der Waals surface area contributed by atoms with Gasteiger partial charge in [0.2, 0.25) is 5.89 Å². The van der Waals surface area contributed by atoms with E-state index in [0.29, 0.717) is 37.5 Å². The molecule has 0 saturated heterocycles. The Labute approximate surface area is 116 Å². The highest BCUT2D eigenvalue weighted by Gasteiger charge is 2.36. The molecule has 3 N–H and O–H groups in total. The van der Waals surface area contributed by atoms with Gasteiger partial charge >= 0.3 is 12.0 Å². The number of carbonyl (C=O) groups is 2. The van der Waals surface area contributed by atoms with Crippen molar-refractivity contribution < 1.29 is 19.2 Å². The first kappa shape index (κ1) is 15.9. The lowest BCUT2D eigenvalue weighted by atomic mass is 9.93. The molecule has 8 nitrogen and oxygen atoms in total. The zero-order valence-corrected chi connectivity index (χ0v) is 11.9. The lowest BCUT2D eigenvalue weighted by molar-refractivity contribution is -0.144. The molecular weight excluding hydrogens is 264 g/mol. The van der Waals surface area contributed by atoms with Crippen LogP contribution in [0.4, 0.5) is 4.79 Å². The maximum atomic E-state index is 11.7. The van der Waals surface area contributed by atoms with Gasteiger partial charge in [-0.1, -0.05) is 19.0 Å². The fourth-order valence-corrected chi connectivity index (χ4v) is 1.77. The predicted octanol–water partition coefficient (Wildman–Crippen LogP) is 0.863. The molecule has 0 aliphatic carbocycles. The number of carboxylic acids is 1. The van der Waals surface area contributed by atoms with Gasteiger partial charge in [-0.05, 0) is 12.8 Å². The molecule has 0 radical (unpaired) electrons. The average molecular weight is 284 g/mol. The minimum absolute atomic E-state index is 0.300. The summed E-state index contributed by atoms with van der Waals surface area (Å²) in [5.41, 5.74) is -1.23. The number of rotatable bonds is 7. The van der Waals surface area contributed by atoms with E-state index >= 15 is 0 Å². The molecule has 8 heteroatoms. The van der Waals surface area contributed by atoms with E-state index in [9.17, 15) is 14.7 Å². The molecule has 1 aromatic heterocycles. The molecule has 0 aliphatic rings. The summed E-state index contributed by atoms with van der Waals surface area (Å²) >= 11 is 0. The van der Waals surface area contributed by atoms with Crippen LogP contribution < -0.4 is 10.6 Å². The second-order valence-corrected chi connectivity index (χ2v) is 4.45. The van der Waals surface area contributed by atoms with E-state index in [2.05, 4.69) is 20.8 Å². The summed E-state index contributed by atoms with van der Waals surface area (Å²) in [6.45, 7) is 5.42. The number of nitrogens with one attached hydrogen (secondary N) is 2. The van der Waals surface area contributed by atoms with Crippen LogP contribution in [0.3, 0.4) is 0 Å². The number of carboxylic acid groups (broad SMARTS) is 1. The Bertz CT molecular complexity index is 468. The third kappa shape index (κ3) is 3.94. The Hall–Kier alpha value is -2.12. The highest BCUT2D eigenvalue weighted by atomic mass is 16.5. The number of urea groups is 1. The van der Waals surface area contributed by atoms with Gasteiger partial charge in [-0.15, -0.1) is 0 Å². The second kappa shape index (κ2) is 6.88. The van der Waals surface area contributed by atoms with Crippen LogP contribution in [0.1, 0.15) is 38.4 Å². The van der Waals surface area contributed by atoms with Crippen molar-refractivity contribution in [2.24, 2.45) is 0 Å².